The average molecular weight is 695 g/mol. The molecule has 1 aromatic heterocycles. The number of rotatable bonds is 4. The monoisotopic (exact) mass is 694 g/mol. The Morgan fingerprint density at radius 1 is 0.692 bits per heavy atom. The highest BCUT2D eigenvalue weighted by Gasteiger charge is 2.43. The summed E-state index contributed by atoms with van der Waals surface area (Å²) in [5.74, 6) is 2.00. The van der Waals surface area contributed by atoms with Crippen molar-refractivity contribution in [3.8, 4) is 0 Å². The lowest BCUT2D eigenvalue weighted by molar-refractivity contribution is 0.332. The van der Waals surface area contributed by atoms with Gasteiger partial charge in [0.1, 0.15) is 11.7 Å². The summed E-state index contributed by atoms with van der Waals surface area (Å²) in [6, 6.07) is 40.0. The van der Waals surface area contributed by atoms with Crippen LogP contribution in [0, 0.1) is 0 Å². The molecule has 0 bridgehead atoms. The molecule has 1 N–H and O–H groups in total. The van der Waals surface area contributed by atoms with Crippen LogP contribution in [0.2, 0.25) is 0 Å². The molecule has 0 saturated carbocycles. The van der Waals surface area contributed by atoms with Gasteiger partial charge < -0.3 is 10.2 Å². The number of aliphatic imine (C=N–C) groups is 2. The first-order valence-electron chi connectivity index (χ1n) is 18.6. The topological polar surface area (TPSA) is 40.0 Å². The summed E-state index contributed by atoms with van der Waals surface area (Å²) in [7, 11) is 0. The molecule has 0 radical (unpaired) electrons. The molecule has 10 rings (SSSR count). The second-order valence-electron chi connectivity index (χ2n) is 16.1. The summed E-state index contributed by atoms with van der Waals surface area (Å²) in [5, 5.41) is 6.21. The molecular formula is C47H42N4S. The van der Waals surface area contributed by atoms with E-state index in [1.807, 2.05) is 11.3 Å². The van der Waals surface area contributed by atoms with Crippen molar-refractivity contribution in [1.29, 1.82) is 0 Å². The molecule has 3 unspecified atom stereocenters. The van der Waals surface area contributed by atoms with E-state index in [9.17, 15) is 0 Å². The number of amidine groups is 2. The van der Waals surface area contributed by atoms with E-state index in [1.165, 1.54) is 61.1 Å². The first-order valence-corrected chi connectivity index (χ1v) is 19.4. The van der Waals surface area contributed by atoms with E-state index < -0.39 is 6.17 Å². The van der Waals surface area contributed by atoms with E-state index in [2.05, 4.69) is 171 Å². The fourth-order valence-corrected chi connectivity index (χ4v) is 10.2. The molecule has 6 aromatic rings. The fraction of sp³-hybridized carbons (Fsp3) is 0.234. The quantitative estimate of drug-likeness (QED) is 0.200. The standard InChI is InChI=1S/C47H42N4S/c1-46(2)24-25-47(3,4)38-28-40-36(27-37(38)46)32-18-8-10-22-39(32)51(40)31-17-12-16-30(26-31)44-48-43(29-14-6-5-7-15-29)49-45(50-44)35-21-13-20-34-33-19-9-11-23-41(33)52-42(34)35/h5-23,26-28,32,39,44H,24-25H2,1-4H3,(H,48,49,50). The van der Waals surface area contributed by atoms with Crippen LogP contribution in [0.3, 0.4) is 0 Å². The number of benzene rings is 5. The van der Waals surface area contributed by atoms with E-state index >= 15 is 0 Å². The van der Waals surface area contributed by atoms with Crippen LogP contribution in [0.25, 0.3) is 20.2 Å². The zero-order chi connectivity index (χ0) is 35.2. The van der Waals surface area contributed by atoms with Gasteiger partial charge in [-0.15, -0.1) is 11.3 Å². The van der Waals surface area contributed by atoms with Gasteiger partial charge in [-0.05, 0) is 70.7 Å². The minimum absolute atomic E-state index is 0.132. The molecule has 52 heavy (non-hydrogen) atoms. The number of nitrogens with one attached hydrogen (secondary N) is 1. The van der Waals surface area contributed by atoms with E-state index in [0.717, 1.165) is 28.4 Å². The number of thiophene rings is 1. The van der Waals surface area contributed by atoms with Gasteiger partial charge >= 0.3 is 0 Å². The van der Waals surface area contributed by atoms with Crippen molar-refractivity contribution >= 4 is 54.6 Å². The zero-order valence-corrected chi connectivity index (χ0v) is 30.9. The first-order chi connectivity index (χ1) is 25.2. The molecule has 0 spiro atoms. The zero-order valence-electron chi connectivity index (χ0n) is 30.1. The average Bonchev–Trinajstić information content (AvgIpc) is 3.72. The summed E-state index contributed by atoms with van der Waals surface area (Å²) < 4.78 is 2.52. The normalized spacial score (nSPS) is 22.4. The molecule has 5 aromatic carbocycles. The minimum atomic E-state index is -0.404. The van der Waals surface area contributed by atoms with Crippen LogP contribution in [0.4, 0.5) is 11.4 Å². The number of nitrogens with zero attached hydrogens (tertiary/aromatic N) is 3. The van der Waals surface area contributed by atoms with Crippen molar-refractivity contribution in [2.45, 2.75) is 69.5 Å². The van der Waals surface area contributed by atoms with Gasteiger partial charge in [0.05, 0.1) is 6.04 Å². The molecule has 3 atom stereocenters. The molecule has 4 nitrogen and oxygen atoms in total. The summed E-state index contributed by atoms with van der Waals surface area (Å²) in [4.78, 5) is 13.2. The van der Waals surface area contributed by atoms with E-state index in [0.29, 0.717) is 5.92 Å². The van der Waals surface area contributed by atoms with Crippen molar-refractivity contribution < 1.29 is 0 Å². The van der Waals surface area contributed by atoms with Gasteiger partial charge in [-0.25, -0.2) is 9.98 Å². The summed E-state index contributed by atoms with van der Waals surface area (Å²) >= 11 is 1.83. The van der Waals surface area contributed by atoms with Gasteiger partial charge in [-0.2, -0.15) is 0 Å². The van der Waals surface area contributed by atoms with Crippen LogP contribution in [0.15, 0.2) is 143 Å². The van der Waals surface area contributed by atoms with Crippen LogP contribution in [0.1, 0.15) is 86.0 Å². The molecule has 256 valence electrons. The van der Waals surface area contributed by atoms with E-state index in [1.54, 1.807) is 0 Å². The number of anilines is 2. The molecule has 0 fully saturated rings. The van der Waals surface area contributed by atoms with Crippen LogP contribution < -0.4 is 10.2 Å². The lowest BCUT2D eigenvalue weighted by atomic mass is 9.62. The Bertz CT molecular complexity index is 2530. The Balaban J connectivity index is 1.11. The third-order valence-corrected chi connectivity index (χ3v) is 13.1. The van der Waals surface area contributed by atoms with Crippen molar-refractivity contribution in [3.63, 3.8) is 0 Å². The molecule has 2 aliphatic carbocycles. The lowest BCUT2D eigenvalue weighted by Crippen LogP contribution is -2.36. The summed E-state index contributed by atoms with van der Waals surface area (Å²) in [6.07, 6.45) is 11.2. The lowest BCUT2D eigenvalue weighted by Gasteiger charge is -2.42. The second kappa shape index (κ2) is 11.6. The van der Waals surface area contributed by atoms with Crippen LogP contribution in [0.5, 0.6) is 0 Å². The maximum atomic E-state index is 5.39. The Morgan fingerprint density at radius 3 is 2.25 bits per heavy atom. The Morgan fingerprint density at radius 2 is 1.40 bits per heavy atom. The highest BCUT2D eigenvalue weighted by molar-refractivity contribution is 7.26. The van der Waals surface area contributed by atoms with Crippen molar-refractivity contribution in [2.75, 3.05) is 4.90 Å². The summed E-state index contributed by atoms with van der Waals surface area (Å²) in [5.41, 5.74) is 10.5. The van der Waals surface area contributed by atoms with Crippen LogP contribution in [-0.2, 0) is 10.8 Å². The molecule has 4 aliphatic rings. The molecule has 2 aliphatic heterocycles. The minimum Gasteiger partial charge on any atom is -0.333 e. The number of fused-ring (bicyclic) bond motifs is 7. The second-order valence-corrected chi connectivity index (χ2v) is 17.1. The van der Waals surface area contributed by atoms with Crippen molar-refractivity contribution in [2.24, 2.45) is 9.98 Å². The first kappa shape index (κ1) is 31.5. The maximum Gasteiger partial charge on any atom is 0.169 e. The fourth-order valence-electron chi connectivity index (χ4n) is 8.94. The smallest absolute Gasteiger partial charge is 0.169 e. The Hall–Kier alpha value is -5.26. The largest absolute Gasteiger partial charge is 0.333 e. The molecular weight excluding hydrogens is 653 g/mol. The number of allylic oxidation sites excluding steroid dienone is 2. The highest BCUT2D eigenvalue weighted by Crippen LogP contribution is 2.54. The van der Waals surface area contributed by atoms with Crippen molar-refractivity contribution in [3.05, 3.63) is 167 Å². The maximum absolute atomic E-state index is 5.39. The van der Waals surface area contributed by atoms with Crippen LogP contribution in [-0.4, -0.2) is 17.7 Å². The Kier molecular flexibility index (Phi) is 7.04. The van der Waals surface area contributed by atoms with Gasteiger partial charge in [0.2, 0.25) is 0 Å². The molecule has 5 heteroatoms. The van der Waals surface area contributed by atoms with Gasteiger partial charge in [0, 0.05) is 54.2 Å². The molecule has 0 amide bonds. The van der Waals surface area contributed by atoms with E-state index in [4.69, 9.17) is 9.98 Å². The van der Waals surface area contributed by atoms with Gasteiger partial charge in [0.15, 0.2) is 6.17 Å². The van der Waals surface area contributed by atoms with Gasteiger partial charge in [-0.3, -0.25) is 0 Å². The van der Waals surface area contributed by atoms with Crippen molar-refractivity contribution in [1.82, 2.24) is 5.32 Å². The third-order valence-electron chi connectivity index (χ3n) is 11.9. The van der Waals surface area contributed by atoms with E-state index in [-0.39, 0.29) is 16.9 Å². The number of hydrogen-bond donors (Lipinski definition) is 1. The SMILES string of the molecule is CC1(C)CCC(C)(C)c2cc3c(cc21)C1C=CC=CC1N3c1cccc(C2N=C(c3ccccc3)NC(c3cccc4c3sc3ccccc34)=N2)c1. The van der Waals surface area contributed by atoms with Gasteiger partial charge in [0.25, 0.3) is 0 Å². The Labute approximate surface area is 310 Å². The predicted molar refractivity (Wildman–Crippen MR) is 220 cm³/mol. The van der Waals surface area contributed by atoms with Gasteiger partial charge in [-0.1, -0.05) is 131 Å². The van der Waals surface area contributed by atoms with Crippen LogP contribution >= 0.6 is 11.3 Å². The molecule has 3 heterocycles. The highest BCUT2D eigenvalue weighted by atomic mass is 32.1. The number of hydrogen-bond acceptors (Lipinski definition) is 5. The predicted octanol–water partition coefficient (Wildman–Crippen LogP) is 11.6. The third kappa shape index (κ3) is 4.93. The molecule has 0 saturated heterocycles. The summed E-state index contributed by atoms with van der Waals surface area (Å²) in [6.45, 7) is 9.71.